The number of benzene rings is 1. The predicted molar refractivity (Wildman–Crippen MR) is 86.8 cm³/mol. The quantitative estimate of drug-likeness (QED) is 0.789. The van der Waals surface area contributed by atoms with E-state index in [-0.39, 0.29) is 12.6 Å². The minimum absolute atomic E-state index is 0.244. The Bertz CT molecular complexity index is 770. The first kappa shape index (κ1) is 14.8. The van der Waals surface area contributed by atoms with Crippen LogP contribution in [0.1, 0.15) is 29.4 Å². The van der Waals surface area contributed by atoms with Gasteiger partial charge >= 0.3 is 5.97 Å². The molecule has 1 aliphatic rings. The normalized spacial score (nSPS) is 12.8. The lowest BCUT2D eigenvalue weighted by atomic mass is 9.97. The summed E-state index contributed by atoms with van der Waals surface area (Å²) in [6.07, 6.45) is 3.58. The van der Waals surface area contributed by atoms with E-state index in [9.17, 15) is 4.79 Å². The van der Waals surface area contributed by atoms with Crippen LogP contribution in [0.5, 0.6) is 0 Å². The second-order valence-corrected chi connectivity index (χ2v) is 5.82. The van der Waals surface area contributed by atoms with Crippen LogP contribution in [0.4, 0.5) is 0 Å². The van der Waals surface area contributed by atoms with Gasteiger partial charge in [0.15, 0.2) is 0 Å². The number of ether oxygens (including phenoxy) is 1. The molecule has 0 fully saturated rings. The van der Waals surface area contributed by atoms with E-state index < -0.39 is 0 Å². The highest BCUT2D eigenvalue weighted by Crippen LogP contribution is 2.31. The van der Waals surface area contributed by atoms with Crippen molar-refractivity contribution in [2.24, 2.45) is 4.99 Å². The number of rotatable bonds is 3. The maximum Gasteiger partial charge on any atom is 0.302 e. The predicted octanol–water partition coefficient (Wildman–Crippen LogP) is 3.17. The smallest absolute Gasteiger partial charge is 0.302 e. The van der Waals surface area contributed by atoms with E-state index in [1.165, 1.54) is 6.92 Å². The summed E-state index contributed by atoms with van der Waals surface area (Å²) in [6.45, 7) is 4.09. The molecule has 1 aliphatic heterocycles. The monoisotopic (exact) mass is 359 g/mol. The van der Waals surface area contributed by atoms with Gasteiger partial charge in [0.2, 0.25) is 0 Å². The van der Waals surface area contributed by atoms with Crippen LogP contribution in [0.15, 0.2) is 29.5 Å². The molecule has 2 heterocycles. The van der Waals surface area contributed by atoms with E-state index in [4.69, 9.17) is 4.74 Å². The fourth-order valence-electron chi connectivity index (χ4n) is 2.35. The number of fused-ring (bicyclic) bond motifs is 1. The van der Waals surface area contributed by atoms with E-state index >= 15 is 0 Å². The number of halogens is 1. The average Bonchev–Trinajstić information content (AvgIpc) is 2.87. The van der Waals surface area contributed by atoms with Crippen molar-refractivity contribution >= 4 is 26.5 Å². The Labute approximate surface area is 136 Å². The van der Waals surface area contributed by atoms with Crippen LogP contribution in [0, 0.1) is 6.92 Å². The van der Waals surface area contributed by atoms with Crippen molar-refractivity contribution in [3.05, 3.63) is 47.0 Å². The van der Waals surface area contributed by atoms with Crippen LogP contribution in [0.25, 0.3) is 11.1 Å². The Hall–Kier alpha value is -2.08. The Morgan fingerprint density at radius 3 is 2.68 bits per heavy atom. The Morgan fingerprint density at radius 1 is 1.27 bits per heavy atom. The van der Waals surface area contributed by atoms with Gasteiger partial charge in [-0.15, -0.1) is 0 Å². The molecule has 6 heteroatoms. The molecule has 5 nitrogen and oxygen atoms in total. The Morgan fingerprint density at radius 2 is 2.00 bits per heavy atom. The molecule has 0 spiro atoms. The summed E-state index contributed by atoms with van der Waals surface area (Å²) in [7, 11) is 0. The lowest BCUT2D eigenvalue weighted by Crippen LogP contribution is -2.04. The van der Waals surface area contributed by atoms with Gasteiger partial charge in [-0.2, -0.15) is 0 Å². The number of carbonyl (C=O) groups excluding carboxylic acids is 1. The summed E-state index contributed by atoms with van der Waals surface area (Å²) in [5.74, 6) is 0.434. The molecule has 112 valence electrons. The molecule has 0 saturated carbocycles. The van der Waals surface area contributed by atoms with Crippen LogP contribution in [0.3, 0.4) is 0 Å². The molecule has 0 amide bonds. The zero-order chi connectivity index (χ0) is 15.7. The van der Waals surface area contributed by atoms with Gasteiger partial charge in [0, 0.05) is 30.4 Å². The third-order valence-corrected chi connectivity index (χ3v) is 4.16. The van der Waals surface area contributed by atoms with Crippen LogP contribution in [0.2, 0.25) is 0 Å². The highest BCUT2D eigenvalue weighted by molar-refractivity contribution is 9.18. The van der Waals surface area contributed by atoms with Crippen molar-refractivity contribution in [1.29, 1.82) is 0 Å². The number of hydrogen-bond donors (Lipinski definition) is 0. The minimum atomic E-state index is -0.296. The molecule has 3 rings (SSSR count). The standard InChI is InChI=1S/C16H14BrN3O2/c1-9-18-5-13(6-19-9)11-3-12(8-22-10(2)21)15-7-20-16(17)14(15)4-11/h3-6H,7-8H2,1-2H3. The first-order valence-corrected chi connectivity index (χ1v) is 7.62. The number of nitrogens with zero attached hydrogens (tertiary/aromatic N) is 3. The molecule has 0 bridgehead atoms. The second kappa shape index (κ2) is 5.96. The molecule has 1 aromatic heterocycles. The molecule has 22 heavy (non-hydrogen) atoms. The highest BCUT2D eigenvalue weighted by atomic mass is 79.9. The number of esters is 1. The molecule has 0 N–H and O–H groups in total. The van der Waals surface area contributed by atoms with Crippen LogP contribution in [-0.4, -0.2) is 20.6 Å². The average molecular weight is 360 g/mol. The number of aliphatic imine (C=N–C) groups is 1. The molecule has 0 unspecified atom stereocenters. The first-order chi connectivity index (χ1) is 10.5. The van der Waals surface area contributed by atoms with Gasteiger partial charge in [-0.25, -0.2) is 9.97 Å². The summed E-state index contributed by atoms with van der Waals surface area (Å²) < 4.78 is 5.98. The van der Waals surface area contributed by atoms with Crippen molar-refractivity contribution in [2.45, 2.75) is 27.0 Å². The molecule has 0 saturated heterocycles. The molecule has 0 radical (unpaired) electrons. The summed E-state index contributed by atoms with van der Waals surface area (Å²) >= 11 is 3.48. The topological polar surface area (TPSA) is 64.4 Å². The lowest BCUT2D eigenvalue weighted by Gasteiger charge is -2.12. The first-order valence-electron chi connectivity index (χ1n) is 6.83. The van der Waals surface area contributed by atoms with E-state index in [1.807, 2.05) is 13.0 Å². The van der Waals surface area contributed by atoms with E-state index in [2.05, 4.69) is 37.0 Å². The summed E-state index contributed by atoms with van der Waals surface area (Å²) in [4.78, 5) is 24.0. The second-order valence-electron chi connectivity index (χ2n) is 5.07. The zero-order valence-electron chi connectivity index (χ0n) is 12.3. The highest BCUT2D eigenvalue weighted by Gasteiger charge is 2.19. The number of aryl methyl sites for hydroxylation is 1. The molecule has 2 aromatic rings. The SMILES string of the molecule is CC(=O)OCc1cc(-c2cnc(C)nc2)cc2c1CN=C2Br. The molecule has 1 aromatic carbocycles. The lowest BCUT2D eigenvalue weighted by molar-refractivity contribution is -0.142. The number of aromatic nitrogens is 2. The summed E-state index contributed by atoms with van der Waals surface area (Å²) in [6, 6.07) is 4.07. The fraction of sp³-hybridized carbons (Fsp3) is 0.250. The third kappa shape index (κ3) is 2.92. The van der Waals surface area contributed by atoms with Gasteiger partial charge in [-0.3, -0.25) is 9.79 Å². The molecular weight excluding hydrogens is 346 g/mol. The largest absolute Gasteiger partial charge is 0.461 e. The van der Waals surface area contributed by atoms with Crippen LogP contribution < -0.4 is 0 Å². The van der Waals surface area contributed by atoms with Crippen LogP contribution >= 0.6 is 15.9 Å². The zero-order valence-corrected chi connectivity index (χ0v) is 13.8. The van der Waals surface area contributed by atoms with Crippen molar-refractivity contribution in [1.82, 2.24) is 9.97 Å². The summed E-state index contributed by atoms with van der Waals surface area (Å²) in [5.41, 5.74) is 4.98. The number of carbonyl (C=O) groups is 1. The van der Waals surface area contributed by atoms with Crippen molar-refractivity contribution in [2.75, 3.05) is 0 Å². The maximum absolute atomic E-state index is 11.1. The van der Waals surface area contributed by atoms with E-state index in [0.29, 0.717) is 6.54 Å². The van der Waals surface area contributed by atoms with Gasteiger partial charge in [0.05, 0.1) is 6.54 Å². The van der Waals surface area contributed by atoms with Gasteiger partial charge in [0.25, 0.3) is 0 Å². The van der Waals surface area contributed by atoms with Gasteiger partial charge < -0.3 is 4.74 Å². The summed E-state index contributed by atoms with van der Waals surface area (Å²) in [5, 5.41) is 0. The van der Waals surface area contributed by atoms with Crippen molar-refractivity contribution in [3.8, 4) is 11.1 Å². The van der Waals surface area contributed by atoms with Crippen LogP contribution in [-0.2, 0) is 22.7 Å². The number of hydrogen-bond acceptors (Lipinski definition) is 5. The van der Waals surface area contributed by atoms with E-state index in [1.54, 1.807) is 12.4 Å². The van der Waals surface area contributed by atoms with Gasteiger partial charge in [0.1, 0.15) is 17.1 Å². The van der Waals surface area contributed by atoms with E-state index in [0.717, 1.165) is 38.3 Å². The Kier molecular flexibility index (Phi) is 4.02. The Balaban J connectivity index is 2.05. The minimum Gasteiger partial charge on any atom is -0.461 e. The third-order valence-electron chi connectivity index (χ3n) is 3.49. The van der Waals surface area contributed by atoms with Gasteiger partial charge in [-0.05, 0) is 51.7 Å². The molecular formula is C16H14BrN3O2. The van der Waals surface area contributed by atoms with Crippen molar-refractivity contribution < 1.29 is 9.53 Å². The van der Waals surface area contributed by atoms with Gasteiger partial charge in [-0.1, -0.05) is 0 Å². The van der Waals surface area contributed by atoms with Crippen molar-refractivity contribution in [3.63, 3.8) is 0 Å². The fourth-order valence-corrected chi connectivity index (χ4v) is 2.83. The molecule has 0 aliphatic carbocycles. The molecule has 0 atom stereocenters. The maximum atomic E-state index is 11.1.